The second kappa shape index (κ2) is 14.0. The van der Waals surface area contributed by atoms with Gasteiger partial charge in [0, 0.05) is 13.1 Å². The molecule has 0 fully saturated rings. The zero-order valence-electron chi connectivity index (χ0n) is 23.5. The van der Waals surface area contributed by atoms with E-state index in [1.54, 1.807) is 24.3 Å². The first-order valence-electron chi connectivity index (χ1n) is 14.0. The second-order valence-corrected chi connectivity index (χ2v) is 11.8. The molecular weight excluding hydrogens is 566 g/mol. The van der Waals surface area contributed by atoms with Crippen molar-refractivity contribution in [3.05, 3.63) is 120 Å². The van der Waals surface area contributed by atoms with Gasteiger partial charge in [0.25, 0.3) is 11.8 Å². The van der Waals surface area contributed by atoms with E-state index in [9.17, 15) is 18.0 Å². The number of hydrogen-bond donors (Lipinski definition) is 2. The summed E-state index contributed by atoms with van der Waals surface area (Å²) in [5.41, 5.74) is 2.69. The van der Waals surface area contributed by atoms with Crippen molar-refractivity contribution in [2.75, 3.05) is 31.1 Å². The third-order valence-corrected chi connectivity index (χ3v) is 8.44. The summed E-state index contributed by atoms with van der Waals surface area (Å²) < 4.78 is 39.6. The molecule has 0 radical (unpaired) electrons. The topological polar surface area (TPSA) is 114 Å². The van der Waals surface area contributed by atoms with E-state index in [4.69, 9.17) is 9.47 Å². The van der Waals surface area contributed by atoms with E-state index in [0.717, 1.165) is 11.1 Å². The summed E-state index contributed by atoms with van der Waals surface area (Å²) in [6, 6.07) is 32.4. The highest BCUT2D eigenvalue weighted by Crippen LogP contribution is 2.33. The van der Waals surface area contributed by atoms with Crippen molar-refractivity contribution in [2.45, 2.75) is 23.8 Å². The van der Waals surface area contributed by atoms with Crippen LogP contribution in [0.3, 0.4) is 0 Å². The molecule has 2 amide bonds. The minimum atomic E-state index is -3.70. The predicted octanol–water partition coefficient (Wildman–Crippen LogP) is 3.74. The van der Waals surface area contributed by atoms with Crippen LogP contribution >= 0.6 is 0 Å². The number of carbonyl (C=O) groups excluding carboxylic acids is 2. The first-order valence-corrected chi connectivity index (χ1v) is 15.5. The zero-order chi connectivity index (χ0) is 30.1. The van der Waals surface area contributed by atoms with Crippen LogP contribution in [0.4, 0.5) is 5.69 Å². The van der Waals surface area contributed by atoms with Gasteiger partial charge in [-0.15, -0.1) is 0 Å². The minimum Gasteiger partial charge on any atom is -0.484 e. The van der Waals surface area contributed by atoms with E-state index in [2.05, 4.69) is 10.0 Å². The van der Waals surface area contributed by atoms with Crippen molar-refractivity contribution in [3.8, 4) is 11.5 Å². The maximum atomic E-state index is 13.3. The van der Waals surface area contributed by atoms with Gasteiger partial charge in [-0.1, -0.05) is 72.8 Å². The number of amides is 2. The number of fused-ring (bicyclic) bond motifs is 1. The van der Waals surface area contributed by atoms with Crippen molar-refractivity contribution < 1.29 is 27.5 Å². The van der Waals surface area contributed by atoms with Crippen molar-refractivity contribution in [2.24, 2.45) is 0 Å². The smallest absolute Gasteiger partial charge is 0.265 e. The number of benzene rings is 4. The second-order valence-electron chi connectivity index (χ2n) is 10.00. The molecular formula is C33H33N3O6S. The summed E-state index contributed by atoms with van der Waals surface area (Å²) in [6.07, 6.45) is 0.369. The van der Waals surface area contributed by atoms with Crippen LogP contribution in [0.2, 0.25) is 0 Å². The molecule has 2 N–H and O–H groups in total. The molecule has 9 nitrogen and oxygen atoms in total. The average molecular weight is 600 g/mol. The number of anilines is 1. The van der Waals surface area contributed by atoms with Crippen molar-refractivity contribution in [1.29, 1.82) is 0 Å². The molecule has 222 valence electrons. The van der Waals surface area contributed by atoms with Gasteiger partial charge in [0.2, 0.25) is 10.0 Å². The maximum Gasteiger partial charge on any atom is 0.265 e. The summed E-state index contributed by atoms with van der Waals surface area (Å²) in [5, 5.41) is 2.90. The monoisotopic (exact) mass is 599 g/mol. The van der Waals surface area contributed by atoms with E-state index in [1.165, 1.54) is 29.2 Å². The van der Waals surface area contributed by atoms with E-state index >= 15 is 0 Å². The Kier molecular flexibility index (Phi) is 9.70. The molecule has 0 spiro atoms. The highest BCUT2D eigenvalue weighted by Gasteiger charge is 2.33. The van der Waals surface area contributed by atoms with Crippen molar-refractivity contribution in [3.63, 3.8) is 0 Å². The molecule has 4 aromatic carbocycles. The van der Waals surface area contributed by atoms with Gasteiger partial charge in [0.05, 0.1) is 17.1 Å². The summed E-state index contributed by atoms with van der Waals surface area (Å²) >= 11 is 0. The Balaban J connectivity index is 1.15. The fraction of sp³-hybridized carbons (Fsp3) is 0.212. The van der Waals surface area contributed by atoms with Gasteiger partial charge < -0.3 is 19.7 Å². The van der Waals surface area contributed by atoms with E-state index < -0.39 is 16.1 Å². The Bertz CT molecular complexity index is 1630. The quantitative estimate of drug-likeness (QED) is 0.257. The fourth-order valence-corrected chi connectivity index (χ4v) is 5.72. The number of ether oxygens (including phenoxy) is 2. The highest BCUT2D eigenvalue weighted by atomic mass is 32.2. The SMILES string of the molecule is O=C(NCCc1ccccc1)C1CN(C(=O)COc2ccc(S(=O)(=O)NCCc3ccccc3)cc2)c2ccccc2O1. The molecule has 43 heavy (non-hydrogen) atoms. The number of para-hydroxylation sites is 2. The lowest BCUT2D eigenvalue weighted by Crippen LogP contribution is -2.52. The number of nitrogens with one attached hydrogen (secondary N) is 2. The van der Waals surface area contributed by atoms with E-state index in [1.807, 2.05) is 60.7 Å². The van der Waals surface area contributed by atoms with Crippen molar-refractivity contribution in [1.82, 2.24) is 10.0 Å². The molecule has 0 saturated heterocycles. The number of hydrogen-bond acceptors (Lipinski definition) is 6. The van der Waals surface area contributed by atoms with Crippen molar-refractivity contribution >= 4 is 27.5 Å². The van der Waals surface area contributed by atoms with Gasteiger partial charge in [-0.25, -0.2) is 13.1 Å². The average Bonchev–Trinajstić information content (AvgIpc) is 3.04. The molecule has 1 atom stereocenters. The Morgan fingerprint density at radius 3 is 2.07 bits per heavy atom. The third kappa shape index (κ3) is 8.00. The molecule has 0 aliphatic carbocycles. The fourth-order valence-electron chi connectivity index (χ4n) is 4.69. The predicted molar refractivity (Wildman–Crippen MR) is 164 cm³/mol. The third-order valence-electron chi connectivity index (χ3n) is 6.97. The summed E-state index contributed by atoms with van der Waals surface area (Å²) in [6.45, 7) is 0.433. The van der Waals surface area contributed by atoms with Gasteiger partial charge >= 0.3 is 0 Å². The summed E-state index contributed by atoms with van der Waals surface area (Å²) in [4.78, 5) is 27.8. The lowest BCUT2D eigenvalue weighted by atomic mass is 10.1. The van der Waals surface area contributed by atoms with Crippen LogP contribution in [0.25, 0.3) is 0 Å². The van der Waals surface area contributed by atoms with Gasteiger partial charge in [0.1, 0.15) is 11.5 Å². The standard InChI is InChI=1S/C33H33N3O6S/c37-32(24-41-27-15-17-28(18-16-27)43(39,40)35-22-20-26-11-5-2-6-12-26)36-23-31(42-30-14-8-7-13-29(30)36)33(38)34-21-19-25-9-3-1-4-10-25/h1-18,31,35H,19-24H2,(H,34,38). The first kappa shape index (κ1) is 29.8. The van der Waals surface area contributed by atoms with Crippen LogP contribution in [0.15, 0.2) is 114 Å². The maximum absolute atomic E-state index is 13.3. The summed E-state index contributed by atoms with van der Waals surface area (Å²) in [5.74, 6) is 0.100. The van der Waals surface area contributed by atoms with Crippen LogP contribution in [0.1, 0.15) is 11.1 Å². The Labute approximate surface area is 251 Å². The number of sulfonamides is 1. The minimum absolute atomic E-state index is 0.0300. The molecule has 1 aliphatic rings. The molecule has 10 heteroatoms. The van der Waals surface area contributed by atoms with E-state index in [-0.39, 0.29) is 36.4 Å². The zero-order valence-corrected chi connectivity index (χ0v) is 24.3. The molecule has 1 aliphatic heterocycles. The molecule has 0 aromatic heterocycles. The highest BCUT2D eigenvalue weighted by molar-refractivity contribution is 7.89. The molecule has 0 bridgehead atoms. The van der Waals surface area contributed by atoms with Crippen LogP contribution in [-0.4, -0.2) is 52.6 Å². The summed E-state index contributed by atoms with van der Waals surface area (Å²) in [7, 11) is -3.70. The van der Waals surface area contributed by atoms with E-state index in [0.29, 0.717) is 36.6 Å². The molecule has 5 rings (SSSR count). The Hall–Kier alpha value is -4.67. The molecule has 1 heterocycles. The van der Waals surface area contributed by atoms with Crippen LogP contribution in [-0.2, 0) is 32.5 Å². The molecule has 4 aromatic rings. The lowest BCUT2D eigenvalue weighted by Gasteiger charge is -2.34. The molecule has 0 saturated carbocycles. The first-order chi connectivity index (χ1) is 20.9. The van der Waals surface area contributed by atoms with Crippen LogP contribution < -0.4 is 24.4 Å². The van der Waals surface area contributed by atoms with Gasteiger partial charge in [-0.3, -0.25) is 9.59 Å². The van der Waals surface area contributed by atoms with Crippen LogP contribution in [0.5, 0.6) is 11.5 Å². The molecule has 1 unspecified atom stereocenters. The number of nitrogens with zero attached hydrogens (tertiary/aromatic N) is 1. The normalized spacial score (nSPS) is 14.3. The Morgan fingerprint density at radius 1 is 0.791 bits per heavy atom. The lowest BCUT2D eigenvalue weighted by molar-refractivity contribution is -0.128. The van der Waals surface area contributed by atoms with Gasteiger partial charge in [0.15, 0.2) is 12.7 Å². The number of rotatable bonds is 12. The Morgan fingerprint density at radius 2 is 1.40 bits per heavy atom. The van der Waals surface area contributed by atoms with Gasteiger partial charge in [-0.05, 0) is 60.4 Å². The van der Waals surface area contributed by atoms with Gasteiger partial charge in [-0.2, -0.15) is 0 Å². The largest absolute Gasteiger partial charge is 0.484 e. The number of carbonyl (C=O) groups is 2. The van der Waals surface area contributed by atoms with Crippen LogP contribution in [0, 0.1) is 0 Å².